The SMILES string of the molecule is CC(CCO)Sc1ccc(C=O)cc1C(F)(F)F. The molecule has 0 radical (unpaired) electrons. The van der Waals surface area contributed by atoms with E-state index >= 15 is 0 Å². The summed E-state index contributed by atoms with van der Waals surface area (Å²) in [5, 5.41) is 8.62. The molecule has 0 spiro atoms. The molecule has 0 saturated carbocycles. The molecule has 0 amide bonds. The summed E-state index contributed by atoms with van der Waals surface area (Å²) < 4.78 is 38.5. The Morgan fingerprint density at radius 3 is 2.61 bits per heavy atom. The van der Waals surface area contributed by atoms with Crippen molar-refractivity contribution in [2.24, 2.45) is 0 Å². The molecule has 0 aliphatic heterocycles. The van der Waals surface area contributed by atoms with E-state index in [2.05, 4.69) is 0 Å². The molecule has 1 N–H and O–H groups in total. The van der Waals surface area contributed by atoms with Gasteiger partial charge in [-0.15, -0.1) is 11.8 Å². The average Bonchev–Trinajstić information content (AvgIpc) is 2.28. The van der Waals surface area contributed by atoms with Crippen LogP contribution in [0.4, 0.5) is 13.2 Å². The molecule has 0 aromatic heterocycles. The minimum atomic E-state index is -4.49. The number of carbonyl (C=O) groups is 1. The minimum absolute atomic E-state index is 0.00138. The molecule has 1 aromatic rings. The molecule has 1 aromatic carbocycles. The fourth-order valence-electron chi connectivity index (χ4n) is 1.40. The molecule has 2 nitrogen and oxygen atoms in total. The van der Waals surface area contributed by atoms with E-state index in [9.17, 15) is 18.0 Å². The first-order valence-corrected chi connectivity index (χ1v) is 6.20. The number of hydrogen-bond donors (Lipinski definition) is 1. The van der Waals surface area contributed by atoms with Crippen LogP contribution in [0, 0.1) is 0 Å². The van der Waals surface area contributed by atoms with Crippen molar-refractivity contribution in [3.05, 3.63) is 29.3 Å². The van der Waals surface area contributed by atoms with Gasteiger partial charge in [0.2, 0.25) is 0 Å². The molecule has 1 atom stereocenters. The van der Waals surface area contributed by atoms with Gasteiger partial charge in [-0.05, 0) is 18.6 Å². The number of aliphatic hydroxyl groups excluding tert-OH is 1. The zero-order chi connectivity index (χ0) is 13.8. The molecule has 1 unspecified atom stereocenters. The second-order valence-corrected chi connectivity index (χ2v) is 5.29. The predicted octanol–water partition coefficient (Wildman–Crippen LogP) is 3.38. The van der Waals surface area contributed by atoms with Crippen molar-refractivity contribution in [3.8, 4) is 0 Å². The molecule has 6 heteroatoms. The third-order valence-electron chi connectivity index (χ3n) is 2.31. The van der Waals surface area contributed by atoms with Crippen LogP contribution < -0.4 is 0 Å². The summed E-state index contributed by atoms with van der Waals surface area (Å²) in [5.41, 5.74) is -0.802. The Balaban J connectivity index is 3.06. The molecule has 18 heavy (non-hydrogen) atoms. The summed E-state index contributed by atoms with van der Waals surface area (Å²) in [6.45, 7) is 1.68. The molecular weight excluding hydrogens is 265 g/mol. The van der Waals surface area contributed by atoms with Crippen LogP contribution in [0.5, 0.6) is 0 Å². The van der Waals surface area contributed by atoms with Gasteiger partial charge in [-0.1, -0.05) is 13.0 Å². The zero-order valence-corrected chi connectivity index (χ0v) is 10.5. The van der Waals surface area contributed by atoms with E-state index in [1.54, 1.807) is 6.92 Å². The Morgan fingerprint density at radius 1 is 1.44 bits per heavy atom. The number of carbonyl (C=O) groups excluding carboxylic acids is 1. The molecule has 1 rings (SSSR count). The highest BCUT2D eigenvalue weighted by Gasteiger charge is 2.34. The highest BCUT2D eigenvalue weighted by molar-refractivity contribution is 8.00. The lowest BCUT2D eigenvalue weighted by molar-refractivity contribution is -0.139. The van der Waals surface area contributed by atoms with Gasteiger partial charge >= 0.3 is 6.18 Å². The molecule has 0 aliphatic rings. The van der Waals surface area contributed by atoms with E-state index in [0.717, 1.165) is 17.8 Å². The maximum atomic E-state index is 12.8. The van der Waals surface area contributed by atoms with Crippen LogP contribution in [0.15, 0.2) is 23.1 Å². The Labute approximate surface area is 107 Å². The quantitative estimate of drug-likeness (QED) is 0.662. The van der Waals surface area contributed by atoms with Crippen LogP contribution in [0.1, 0.15) is 29.3 Å². The molecular formula is C12H13F3O2S. The van der Waals surface area contributed by atoms with Crippen LogP contribution >= 0.6 is 11.8 Å². The van der Waals surface area contributed by atoms with Crippen molar-refractivity contribution in [1.82, 2.24) is 0 Å². The molecule has 0 aliphatic carbocycles. The fraction of sp³-hybridized carbons (Fsp3) is 0.417. The number of thioether (sulfide) groups is 1. The van der Waals surface area contributed by atoms with Crippen LogP contribution in [-0.2, 0) is 6.18 Å². The highest BCUT2D eigenvalue weighted by Crippen LogP contribution is 2.38. The van der Waals surface area contributed by atoms with Crippen LogP contribution in [-0.4, -0.2) is 23.2 Å². The van der Waals surface area contributed by atoms with Gasteiger partial charge < -0.3 is 5.11 Å². The van der Waals surface area contributed by atoms with Gasteiger partial charge in [-0.2, -0.15) is 13.2 Å². The second-order valence-electron chi connectivity index (χ2n) is 3.81. The van der Waals surface area contributed by atoms with Crippen LogP contribution in [0.3, 0.4) is 0 Å². The summed E-state index contributed by atoms with van der Waals surface area (Å²) in [6.07, 6.45) is -3.68. The van der Waals surface area contributed by atoms with Gasteiger partial charge in [0.15, 0.2) is 0 Å². The first-order chi connectivity index (χ1) is 8.38. The lowest BCUT2D eigenvalue weighted by Crippen LogP contribution is -2.09. The Morgan fingerprint density at radius 2 is 2.11 bits per heavy atom. The number of alkyl halides is 3. The predicted molar refractivity (Wildman–Crippen MR) is 63.9 cm³/mol. The van der Waals surface area contributed by atoms with Crippen molar-refractivity contribution in [2.45, 2.75) is 29.7 Å². The van der Waals surface area contributed by atoms with Gasteiger partial charge in [-0.25, -0.2) is 0 Å². The second kappa shape index (κ2) is 6.24. The summed E-state index contributed by atoms with van der Waals surface area (Å²) in [5.74, 6) is 0. The Kier molecular flexibility index (Phi) is 5.22. The average molecular weight is 278 g/mol. The van der Waals surface area contributed by atoms with Crippen molar-refractivity contribution < 1.29 is 23.1 Å². The topological polar surface area (TPSA) is 37.3 Å². The monoisotopic (exact) mass is 278 g/mol. The van der Waals surface area contributed by atoms with Crippen molar-refractivity contribution >= 4 is 18.0 Å². The molecule has 0 bridgehead atoms. The number of benzene rings is 1. The number of halogens is 3. The van der Waals surface area contributed by atoms with Gasteiger partial charge in [0.05, 0.1) is 5.56 Å². The summed E-state index contributed by atoms with van der Waals surface area (Å²) in [6, 6.07) is 3.50. The van der Waals surface area contributed by atoms with E-state index in [4.69, 9.17) is 5.11 Å². The smallest absolute Gasteiger partial charge is 0.396 e. The van der Waals surface area contributed by atoms with E-state index in [1.165, 1.54) is 12.1 Å². The van der Waals surface area contributed by atoms with E-state index in [-0.39, 0.29) is 22.3 Å². The van der Waals surface area contributed by atoms with Gasteiger partial charge in [0.1, 0.15) is 6.29 Å². The highest BCUT2D eigenvalue weighted by atomic mass is 32.2. The Hall–Kier alpha value is -1.01. The number of rotatable bonds is 5. The zero-order valence-electron chi connectivity index (χ0n) is 9.70. The third kappa shape index (κ3) is 4.03. The van der Waals surface area contributed by atoms with Crippen molar-refractivity contribution in [2.75, 3.05) is 6.61 Å². The van der Waals surface area contributed by atoms with Crippen LogP contribution in [0.25, 0.3) is 0 Å². The van der Waals surface area contributed by atoms with E-state index < -0.39 is 11.7 Å². The standard InChI is InChI=1S/C12H13F3O2S/c1-8(4-5-16)18-11-3-2-9(7-17)6-10(11)12(13,14)15/h2-3,6-8,16H,4-5H2,1H3. The third-order valence-corrected chi connectivity index (χ3v) is 3.56. The number of aldehydes is 1. The van der Waals surface area contributed by atoms with E-state index in [1.807, 2.05) is 0 Å². The van der Waals surface area contributed by atoms with Gasteiger partial charge in [0, 0.05) is 22.3 Å². The van der Waals surface area contributed by atoms with E-state index in [0.29, 0.717) is 12.7 Å². The minimum Gasteiger partial charge on any atom is -0.396 e. The summed E-state index contributed by atoms with van der Waals surface area (Å²) >= 11 is 1.04. The number of hydrogen-bond acceptors (Lipinski definition) is 3. The van der Waals surface area contributed by atoms with Gasteiger partial charge in [0.25, 0.3) is 0 Å². The lowest BCUT2D eigenvalue weighted by atomic mass is 10.1. The first-order valence-electron chi connectivity index (χ1n) is 5.32. The largest absolute Gasteiger partial charge is 0.417 e. The maximum absolute atomic E-state index is 12.8. The first kappa shape index (κ1) is 15.0. The normalized spacial score (nSPS) is 13.4. The number of aliphatic hydroxyl groups is 1. The molecule has 0 fully saturated rings. The van der Waals surface area contributed by atoms with Crippen LogP contribution in [0.2, 0.25) is 0 Å². The van der Waals surface area contributed by atoms with Gasteiger partial charge in [-0.3, -0.25) is 4.79 Å². The lowest BCUT2D eigenvalue weighted by Gasteiger charge is -2.16. The molecule has 0 heterocycles. The Bertz CT molecular complexity index is 418. The molecule has 0 saturated heterocycles. The molecule has 100 valence electrons. The maximum Gasteiger partial charge on any atom is 0.417 e. The van der Waals surface area contributed by atoms with Crippen molar-refractivity contribution in [1.29, 1.82) is 0 Å². The summed E-state index contributed by atoms with van der Waals surface area (Å²) in [7, 11) is 0. The summed E-state index contributed by atoms with van der Waals surface area (Å²) in [4.78, 5) is 10.6. The fourth-order valence-corrected chi connectivity index (χ4v) is 2.51. The van der Waals surface area contributed by atoms with Crippen molar-refractivity contribution in [3.63, 3.8) is 0 Å².